The molecule has 0 radical (unpaired) electrons. The molecule has 1 N–H and O–H groups in total. The van der Waals surface area contributed by atoms with Gasteiger partial charge in [0.2, 0.25) is 5.91 Å². The quantitative estimate of drug-likeness (QED) is 0.812. The third kappa shape index (κ3) is 2.88. The molecule has 1 amide bonds. The molecule has 0 fully saturated rings. The number of hydrogen-bond acceptors (Lipinski definition) is 3. The van der Waals surface area contributed by atoms with Crippen molar-refractivity contribution in [1.29, 1.82) is 0 Å². The maximum atomic E-state index is 11.1. The number of aromatic nitrogens is 1. The first kappa shape index (κ1) is 10.8. The minimum Gasteiger partial charge on any atom is -0.358 e. The Hall–Kier alpha value is -1.29. The van der Waals surface area contributed by atoms with Crippen LogP contribution in [0.15, 0.2) is 18.3 Å². The molecule has 0 saturated heterocycles. The summed E-state index contributed by atoms with van der Waals surface area (Å²) in [5.41, 5.74) is 0. The summed E-state index contributed by atoms with van der Waals surface area (Å²) in [6, 6.07) is 3.51. The molecule has 0 aromatic carbocycles. The second kappa shape index (κ2) is 4.81. The van der Waals surface area contributed by atoms with Gasteiger partial charge in [-0.1, -0.05) is 11.6 Å². The molecule has 0 bridgehead atoms. The van der Waals surface area contributed by atoms with Crippen LogP contribution in [-0.4, -0.2) is 31.5 Å². The maximum absolute atomic E-state index is 11.1. The molecule has 0 spiro atoms. The number of amides is 1. The van der Waals surface area contributed by atoms with Crippen molar-refractivity contribution in [2.24, 2.45) is 0 Å². The predicted molar refractivity (Wildman–Crippen MR) is 56.6 cm³/mol. The highest BCUT2D eigenvalue weighted by molar-refractivity contribution is 6.30. The van der Waals surface area contributed by atoms with Gasteiger partial charge in [0.25, 0.3) is 0 Å². The van der Waals surface area contributed by atoms with Crippen LogP contribution in [-0.2, 0) is 4.79 Å². The molecule has 0 saturated carbocycles. The van der Waals surface area contributed by atoms with Crippen molar-refractivity contribution < 1.29 is 4.79 Å². The Labute approximate surface area is 87.9 Å². The van der Waals surface area contributed by atoms with Crippen molar-refractivity contribution in [2.45, 2.75) is 0 Å². The van der Waals surface area contributed by atoms with E-state index in [4.69, 9.17) is 11.6 Å². The topological polar surface area (TPSA) is 45.2 Å². The van der Waals surface area contributed by atoms with E-state index in [0.29, 0.717) is 5.02 Å². The molecule has 76 valence electrons. The molecule has 0 aliphatic carbocycles. The Morgan fingerprint density at radius 3 is 2.86 bits per heavy atom. The lowest BCUT2D eigenvalue weighted by Crippen LogP contribution is -2.33. The zero-order chi connectivity index (χ0) is 10.6. The zero-order valence-corrected chi connectivity index (χ0v) is 8.88. The number of carbonyl (C=O) groups is 1. The van der Waals surface area contributed by atoms with Crippen LogP contribution in [0.2, 0.25) is 5.02 Å². The smallest absolute Gasteiger partial charge is 0.239 e. The molecule has 0 aliphatic heterocycles. The van der Waals surface area contributed by atoms with Crippen molar-refractivity contribution in [2.75, 3.05) is 25.5 Å². The second-order valence-corrected chi connectivity index (χ2v) is 3.30. The molecule has 0 unspecified atom stereocenters. The van der Waals surface area contributed by atoms with Crippen LogP contribution in [0.4, 0.5) is 5.82 Å². The third-order valence-electron chi connectivity index (χ3n) is 1.76. The van der Waals surface area contributed by atoms with Crippen LogP contribution in [0.25, 0.3) is 0 Å². The van der Waals surface area contributed by atoms with Gasteiger partial charge in [-0.25, -0.2) is 4.98 Å². The summed E-state index contributed by atoms with van der Waals surface area (Å²) >= 11 is 5.69. The Balaban J connectivity index is 2.65. The summed E-state index contributed by atoms with van der Waals surface area (Å²) in [6.45, 7) is 0.283. The number of pyridine rings is 1. The summed E-state index contributed by atoms with van der Waals surface area (Å²) in [5, 5.41) is 3.13. The lowest BCUT2D eigenvalue weighted by Gasteiger charge is -2.16. The minimum absolute atomic E-state index is 0.0516. The summed E-state index contributed by atoms with van der Waals surface area (Å²) in [5.74, 6) is 0.669. The fraction of sp³-hybridized carbons (Fsp3) is 0.333. The van der Waals surface area contributed by atoms with Crippen molar-refractivity contribution in [3.63, 3.8) is 0 Å². The summed E-state index contributed by atoms with van der Waals surface area (Å²) in [7, 11) is 3.40. The van der Waals surface area contributed by atoms with Gasteiger partial charge in [-0.3, -0.25) is 4.79 Å². The Morgan fingerprint density at radius 2 is 2.36 bits per heavy atom. The lowest BCUT2D eigenvalue weighted by atomic mass is 10.4. The van der Waals surface area contributed by atoms with E-state index in [0.717, 1.165) is 5.82 Å². The number of nitrogens with zero attached hydrogens (tertiary/aromatic N) is 2. The molecule has 4 nitrogen and oxygen atoms in total. The predicted octanol–water partition coefficient (Wildman–Crippen LogP) is 0.917. The highest BCUT2D eigenvalue weighted by Crippen LogP contribution is 2.12. The number of hydrogen-bond donors (Lipinski definition) is 1. The van der Waals surface area contributed by atoms with E-state index in [-0.39, 0.29) is 12.5 Å². The molecule has 1 rings (SSSR count). The summed E-state index contributed by atoms with van der Waals surface area (Å²) < 4.78 is 0. The fourth-order valence-electron chi connectivity index (χ4n) is 0.969. The van der Waals surface area contributed by atoms with Gasteiger partial charge in [0, 0.05) is 20.3 Å². The standard InChI is InChI=1S/C9H12ClN3O/c1-11-9(14)6-13(2)8-4-3-7(10)5-12-8/h3-5H,6H2,1-2H3,(H,11,14). The van der Waals surface area contributed by atoms with Crippen LogP contribution in [0.1, 0.15) is 0 Å². The number of halogens is 1. The van der Waals surface area contributed by atoms with E-state index in [1.165, 1.54) is 0 Å². The minimum atomic E-state index is -0.0516. The van der Waals surface area contributed by atoms with Crippen molar-refractivity contribution in [1.82, 2.24) is 10.3 Å². The van der Waals surface area contributed by atoms with Crippen LogP contribution in [0.3, 0.4) is 0 Å². The first-order chi connectivity index (χ1) is 6.63. The van der Waals surface area contributed by atoms with Gasteiger partial charge in [0.05, 0.1) is 11.6 Å². The van der Waals surface area contributed by atoms with Gasteiger partial charge in [-0.2, -0.15) is 0 Å². The monoisotopic (exact) mass is 213 g/mol. The van der Waals surface area contributed by atoms with Crippen LogP contribution in [0, 0.1) is 0 Å². The van der Waals surface area contributed by atoms with E-state index in [2.05, 4.69) is 10.3 Å². The van der Waals surface area contributed by atoms with Crippen LogP contribution < -0.4 is 10.2 Å². The molecule has 0 atom stereocenters. The number of carbonyl (C=O) groups excluding carboxylic acids is 1. The van der Waals surface area contributed by atoms with Crippen molar-refractivity contribution >= 4 is 23.3 Å². The molecular formula is C9H12ClN3O. The first-order valence-electron chi connectivity index (χ1n) is 4.16. The SMILES string of the molecule is CNC(=O)CN(C)c1ccc(Cl)cn1. The number of likely N-dealkylation sites (N-methyl/N-ethyl adjacent to an activating group) is 2. The van der Waals surface area contributed by atoms with Gasteiger partial charge in [-0.15, -0.1) is 0 Å². The average Bonchev–Trinajstić information content (AvgIpc) is 2.18. The first-order valence-corrected chi connectivity index (χ1v) is 4.54. The fourth-order valence-corrected chi connectivity index (χ4v) is 1.08. The lowest BCUT2D eigenvalue weighted by molar-refractivity contribution is -0.119. The number of anilines is 1. The molecule has 1 aromatic heterocycles. The highest BCUT2D eigenvalue weighted by Gasteiger charge is 2.05. The van der Waals surface area contributed by atoms with Gasteiger partial charge in [0.1, 0.15) is 5.82 Å². The van der Waals surface area contributed by atoms with E-state index in [1.54, 1.807) is 37.3 Å². The average molecular weight is 214 g/mol. The van der Waals surface area contributed by atoms with Gasteiger partial charge < -0.3 is 10.2 Å². The van der Waals surface area contributed by atoms with E-state index < -0.39 is 0 Å². The van der Waals surface area contributed by atoms with E-state index >= 15 is 0 Å². The Bertz CT molecular complexity index is 312. The second-order valence-electron chi connectivity index (χ2n) is 2.86. The Kier molecular flexibility index (Phi) is 3.71. The molecule has 1 heterocycles. The molecule has 14 heavy (non-hydrogen) atoms. The van der Waals surface area contributed by atoms with Gasteiger partial charge >= 0.3 is 0 Å². The van der Waals surface area contributed by atoms with E-state index in [1.807, 2.05) is 0 Å². The normalized spacial score (nSPS) is 9.64. The maximum Gasteiger partial charge on any atom is 0.239 e. The molecule has 1 aromatic rings. The van der Waals surface area contributed by atoms with Gasteiger partial charge in [0.15, 0.2) is 0 Å². The highest BCUT2D eigenvalue weighted by atomic mass is 35.5. The summed E-state index contributed by atoms with van der Waals surface area (Å²) in [4.78, 5) is 16.9. The largest absolute Gasteiger partial charge is 0.358 e. The van der Waals surface area contributed by atoms with Crippen LogP contribution >= 0.6 is 11.6 Å². The zero-order valence-electron chi connectivity index (χ0n) is 8.12. The number of rotatable bonds is 3. The van der Waals surface area contributed by atoms with E-state index in [9.17, 15) is 4.79 Å². The molecule has 5 heteroatoms. The van der Waals surface area contributed by atoms with Crippen LogP contribution in [0.5, 0.6) is 0 Å². The number of nitrogens with one attached hydrogen (secondary N) is 1. The van der Waals surface area contributed by atoms with Gasteiger partial charge in [-0.05, 0) is 12.1 Å². The van der Waals surface area contributed by atoms with Crippen molar-refractivity contribution in [3.8, 4) is 0 Å². The molecular weight excluding hydrogens is 202 g/mol. The summed E-state index contributed by atoms with van der Waals surface area (Å²) in [6.07, 6.45) is 1.55. The Morgan fingerprint density at radius 1 is 1.64 bits per heavy atom. The molecule has 0 aliphatic rings. The third-order valence-corrected chi connectivity index (χ3v) is 1.99. The van der Waals surface area contributed by atoms with Crippen molar-refractivity contribution in [3.05, 3.63) is 23.4 Å².